The van der Waals surface area contributed by atoms with Gasteiger partial charge in [0, 0.05) is 31.6 Å². The Morgan fingerprint density at radius 3 is 2.79 bits per heavy atom. The second kappa shape index (κ2) is 8.05. The molecule has 0 aliphatic carbocycles. The molecule has 0 saturated carbocycles. The molecule has 0 radical (unpaired) electrons. The molecule has 0 fully saturated rings. The fourth-order valence-corrected chi connectivity index (χ4v) is 2.17. The Hall–Kier alpha value is -2.96. The molecule has 0 atom stereocenters. The molecule has 7 heteroatoms. The molecule has 0 aliphatic rings. The van der Waals surface area contributed by atoms with Crippen molar-refractivity contribution < 1.29 is 4.74 Å². The third kappa shape index (κ3) is 4.77. The molecule has 0 aliphatic heterocycles. The standard InChI is InChI=1S/C17H22N6O/c1-12-6-4-5-7-16(12)24-11-15(22-19)10-23(3)9-14-8-20-13(2)21-17(14)18/h4-8,10,19H,9,11H2,1-3H3,(H2,18,20,21). The minimum Gasteiger partial charge on any atom is -0.487 e. The number of ether oxygens (including phenoxy) is 1. The van der Waals surface area contributed by atoms with E-state index in [2.05, 4.69) is 15.1 Å². The maximum atomic E-state index is 7.32. The lowest BCUT2D eigenvalue weighted by Gasteiger charge is -2.16. The van der Waals surface area contributed by atoms with E-state index in [0.717, 1.165) is 16.9 Å². The monoisotopic (exact) mass is 326 g/mol. The third-order valence-electron chi connectivity index (χ3n) is 3.42. The van der Waals surface area contributed by atoms with Gasteiger partial charge in [0.25, 0.3) is 0 Å². The lowest BCUT2D eigenvalue weighted by Crippen LogP contribution is -2.15. The van der Waals surface area contributed by atoms with Crippen LogP contribution in [0.1, 0.15) is 17.0 Å². The summed E-state index contributed by atoms with van der Waals surface area (Å²) in [5.41, 5.74) is 15.6. The van der Waals surface area contributed by atoms with Crippen molar-refractivity contribution in [3.05, 3.63) is 59.3 Å². The van der Waals surface area contributed by atoms with E-state index < -0.39 is 0 Å². The first kappa shape index (κ1) is 17.4. The Balaban J connectivity index is 2.01. The molecule has 2 aromatic rings. The van der Waals surface area contributed by atoms with E-state index in [1.54, 1.807) is 19.3 Å². The van der Waals surface area contributed by atoms with Crippen molar-refractivity contribution >= 4 is 5.82 Å². The zero-order valence-electron chi connectivity index (χ0n) is 14.2. The number of aromatic nitrogens is 2. The van der Waals surface area contributed by atoms with Crippen LogP contribution in [0.2, 0.25) is 0 Å². The number of nitrogens with zero attached hydrogens (tertiary/aromatic N) is 4. The van der Waals surface area contributed by atoms with E-state index in [4.69, 9.17) is 16.0 Å². The van der Waals surface area contributed by atoms with Gasteiger partial charge in [0.2, 0.25) is 0 Å². The molecule has 24 heavy (non-hydrogen) atoms. The van der Waals surface area contributed by atoms with Crippen molar-refractivity contribution in [3.8, 4) is 5.75 Å². The zero-order valence-corrected chi connectivity index (χ0v) is 14.2. The average Bonchev–Trinajstić information content (AvgIpc) is 2.55. The summed E-state index contributed by atoms with van der Waals surface area (Å²) in [5.74, 6) is 1.89. The molecule has 0 amide bonds. The van der Waals surface area contributed by atoms with Crippen molar-refractivity contribution in [1.29, 1.82) is 5.53 Å². The van der Waals surface area contributed by atoms with Gasteiger partial charge in [-0.25, -0.2) is 15.5 Å². The number of anilines is 1. The first-order valence-electron chi connectivity index (χ1n) is 7.54. The lowest BCUT2D eigenvalue weighted by atomic mass is 10.2. The highest BCUT2D eigenvalue weighted by atomic mass is 16.5. The summed E-state index contributed by atoms with van der Waals surface area (Å²) < 4.78 is 5.72. The van der Waals surface area contributed by atoms with Crippen LogP contribution in [0.4, 0.5) is 5.82 Å². The van der Waals surface area contributed by atoms with Gasteiger partial charge < -0.3 is 15.4 Å². The molecule has 0 unspecified atom stereocenters. The summed E-state index contributed by atoms with van der Waals surface area (Å²) in [6.45, 7) is 4.51. The second-order valence-electron chi connectivity index (χ2n) is 5.53. The molecule has 3 N–H and O–H groups in total. The molecule has 0 saturated heterocycles. The first-order valence-corrected chi connectivity index (χ1v) is 7.54. The van der Waals surface area contributed by atoms with Crippen LogP contribution >= 0.6 is 0 Å². The van der Waals surface area contributed by atoms with Crippen LogP contribution in [-0.4, -0.2) is 28.5 Å². The SMILES string of the molecule is Cc1ncc(CN(C)C=C(COc2ccccc2C)N=N)c(N)n1. The normalized spacial score (nSPS) is 11.2. The summed E-state index contributed by atoms with van der Waals surface area (Å²) in [5, 5.41) is 3.53. The van der Waals surface area contributed by atoms with Crippen LogP contribution in [-0.2, 0) is 6.54 Å². The highest BCUT2D eigenvalue weighted by molar-refractivity contribution is 5.37. The molecule has 1 heterocycles. The van der Waals surface area contributed by atoms with E-state index in [1.165, 1.54) is 0 Å². The van der Waals surface area contributed by atoms with Gasteiger partial charge in [0.15, 0.2) is 0 Å². The van der Waals surface area contributed by atoms with Gasteiger partial charge in [0.05, 0.1) is 0 Å². The smallest absolute Gasteiger partial charge is 0.134 e. The fraction of sp³-hybridized carbons (Fsp3) is 0.294. The van der Waals surface area contributed by atoms with E-state index in [1.807, 2.05) is 43.1 Å². The number of benzene rings is 1. The highest BCUT2D eigenvalue weighted by Crippen LogP contribution is 2.17. The number of para-hydroxylation sites is 1. The van der Waals surface area contributed by atoms with Crippen LogP contribution in [0.15, 0.2) is 47.5 Å². The maximum Gasteiger partial charge on any atom is 0.134 e. The Morgan fingerprint density at radius 1 is 1.38 bits per heavy atom. The van der Waals surface area contributed by atoms with E-state index >= 15 is 0 Å². The van der Waals surface area contributed by atoms with E-state index in [-0.39, 0.29) is 6.61 Å². The molecular weight excluding hydrogens is 304 g/mol. The Kier molecular flexibility index (Phi) is 5.83. The minimum absolute atomic E-state index is 0.221. The highest BCUT2D eigenvalue weighted by Gasteiger charge is 2.06. The molecular formula is C17H22N6O. The number of nitrogens with two attached hydrogens (primary N) is 1. The first-order chi connectivity index (χ1) is 11.5. The van der Waals surface area contributed by atoms with Crippen LogP contribution in [0.3, 0.4) is 0 Å². The van der Waals surface area contributed by atoms with Crippen molar-refractivity contribution in [2.45, 2.75) is 20.4 Å². The maximum absolute atomic E-state index is 7.32. The zero-order chi connectivity index (χ0) is 17.5. The fourth-order valence-electron chi connectivity index (χ4n) is 2.17. The number of nitrogen functional groups attached to an aromatic ring is 1. The van der Waals surface area contributed by atoms with Crippen molar-refractivity contribution in [3.63, 3.8) is 0 Å². The summed E-state index contributed by atoms with van der Waals surface area (Å²) in [6.07, 6.45) is 3.47. The van der Waals surface area contributed by atoms with Gasteiger partial charge in [0.1, 0.15) is 29.7 Å². The summed E-state index contributed by atoms with van der Waals surface area (Å²) >= 11 is 0. The Morgan fingerprint density at radius 2 is 2.12 bits per heavy atom. The predicted octanol–water partition coefficient (Wildman–Crippen LogP) is 3.06. The number of hydrogen-bond donors (Lipinski definition) is 2. The van der Waals surface area contributed by atoms with Gasteiger partial charge >= 0.3 is 0 Å². The topological polar surface area (TPSA) is 100 Å². The number of aryl methyl sites for hydroxylation is 2. The molecule has 0 spiro atoms. The molecule has 7 nitrogen and oxygen atoms in total. The Bertz CT molecular complexity index is 744. The molecule has 2 rings (SSSR count). The minimum atomic E-state index is 0.221. The molecule has 1 aromatic heterocycles. The van der Waals surface area contributed by atoms with Crippen LogP contribution in [0, 0.1) is 19.4 Å². The van der Waals surface area contributed by atoms with Crippen molar-refractivity contribution in [2.75, 3.05) is 19.4 Å². The predicted molar refractivity (Wildman–Crippen MR) is 92.6 cm³/mol. The number of nitrogens with one attached hydrogen (secondary N) is 1. The third-order valence-corrected chi connectivity index (χ3v) is 3.42. The quantitative estimate of drug-likeness (QED) is 0.762. The van der Waals surface area contributed by atoms with Gasteiger partial charge in [-0.05, 0) is 25.5 Å². The largest absolute Gasteiger partial charge is 0.487 e. The van der Waals surface area contributed by atoms with Gasteiger partial charge in [-0.3, -0.25) is 0 Å². The second-order valence-corrected chi connectivity index (χ2v) is 5.53. The average molecular weight is 326 g/mol. The van der Waals surface area contributed by atoms with Crippen LogP contribution in [0.25, 0.3) is 0 Å². The molecule has 126 valence electrons. The van der Waals surface area contributed by atoms with Crippen LogP contribution in [0.5, 0.6) is 5.75 Å². The van der Waals surface area contributed by atoms with E-state index in [9.17, 15) is 0 Å². The van der Waals surface area contributed by atoms with Gasteiger partial charge in [-0.15, -0.1) is 0 Å². The molecule has 1 aromatic carbocycles. The number of rotatable bonds is 7. The van der Waals surface area contributed by atoms with Gasteiger partial charge in [-0.1, -0.05) is 18.2 Å². The summed E-state index contributed by atoms with van der Waals surface area (Å²) in [7, 11) is 1.87. The number of hydrogen-bond acceptors (Lipinski definition) is 7. The Labute approximate surface area is 141 Å². The van der Waals surface area contributed by atoms with E-state index in [0.29, 0.717) is 23.9 Å². The molecule has 0 bridgehead atoms. The summed E-state index contributed by atoms with van der Waals surface area (Å²) in [6, 6.07) is 7.74. The van der Waals surface area contributed by atoms with Crippen molar-refractivity contribution in [1.82, 2.24) is 14.9 Å². The summed E-state index contributed by atoms with van der Waals surface area (Å²) in [4.78, 5) is 10.2. The van der Waals surface area contributed by atoms with Crippen LogP contribution < -0.4 is 10.5 Å². The van der Waals surface area contributed by atoms with Gasteiger partial charge in [-0.2, -0.15) is 5.11 Å². The van der Waals surface area contributed by atoms with Crippen molar-refractivity contribution in [2.24, 2.45) is 5.11 Å². The lowest BCUT2D eigenvalue weighted by molar-refractivity contribution is 0.339.